The first kappa shape index (κ1) is 58.6. The maximum absolute atomic E-state index is 12.8. The fourth-order valence-electron chi connectivity index (χ4n) is 7.59. The van der Waals surface area contributed by atoms with Gasteiger partial charge in [-0.05, 0) is 70.6 Å². The molecule has 61 heavy (non-hydrogen) atoms. The Morgan fingerprint density at radius 1 is 0.328 bits per heavy atom. The zero-order valence-corrected chi connectivity index (χ0v) is 40.7. The van der Waals surface area contributed by atoms with E-state index < -0.39 is 6.10 Å². The normalized spacial score (nSPS) is 12.2. The average molecular weight is 857 g/mol. The van der Waals surface area contributed by atoms with Gasteiger partial charge in [0.15, 0.2) is 6.10 Å². The molecule has 1 atom stereocenters. The van der Waals surface area contributed by atoms with E-state index in [2.05, 4.69) is 57.2 Å². The summed E-state index contributed by atoms with van der Waals surface area (Å²) < 4.78 is 16.8. The Hall–Kier alpha value is -2.37. The quantitative estimate of drug-likeness (QED) is 0.0262. The largest absolute Gasteiger partial charge is 0.462 e. The van der Waals surface area contributed by atoms with Gasteiger partial charge in [0.2, 0.25) is 0 Å². The van der Waals surface area contributed by atoms with Gasteiger partial charge in [-0.25, -0.2) is 0 Å². The van der Waals surface area contributed by atoms with Crippen LogP contribution in [0.25, 0.3) is 0 Å². The lowest BCUT2D eigenvalue weighted by molar-refractivity contribution is -0.167. The molecular formula is C55H100O6. The molecule has 0 radical (unpaired) electrons. The first-order valence-electron chi connectivity index (χ1n) is 26.5. The molecule has 6 nitrogen and oxygen atoms in total. The van der Waals surface area contributed by atoms with Gasteiger partial charge in [0.1, 0.15) is 13.2 Å². The molecule has 0 spiro atoms. The molecule has 0 aliphatic carbocycles. The summed E-state index contributed by atoms with van der Waals surface area (Å²) in [5.74, 6) is -0.888. The highest BCUT2D eigenvalue weighted by Crippen LogP contribution is 2.16. The number of rotatable bonds is 48. The summed E-state index contributed by atoms with van der Waals surface area (Å²) in [6.45, 7) is 6.57. The van der Waals surface area contributed by atoms with E-state index in [1.807, 2.05) is 0 Å². The third-order valence-electron chi connectivity index (χ3n) is 11.6. The molecule has 0 bridgehead atoms. The molecule has 6 heteroatoms. The molecule has 0 aromatic heterocycles. The maximum atomic E-state index is 12.8. The Balaban J connectivity index is 4.37. The summed E-state index contributed by atoms with van der Waals surface area (Å²) >= 11 is 0. The van der Waals surface area contributed by atoms with Gasteiger partial charge in [-0.1, -0.05) is 224 Å². The summed E-state index contributed by atoms with van der Waals surface area (Å²) in [4.78, 5) is 38.0. The minimum Gasteiger partial charge on any atom is -0.462 e. The fourth-order valence-corrected chi connectivity index (χ4v) is 7.59. The van der Waals surface area contributed by atoms with E-state index in [1.54, 1.807) is 0 Å². The van der Waals surface area contributed by atoms with E-state index >= 15 is 0 Å². The van der Waals surface area contributed by atoms with Gasteiger partial charge in [0.05, 0.1) is 0 Å². The topological polar surface area (TPSA) is 78.9 Å². The van der Waals surface area contributed by atoms with Crippen LogP contribution in [0.4, 0.5) is 0 Å². The maximum Gasteiger partial charge on any atom is 0.306 e. The molecule has 0 fully saturated rings. The van der Waals surface area contributed by atoms with Gasteiger partial charge < -0.3 is 14.2 Å². The Labute approximate surface area is 378 Å². The zero-order chi connectivity index (χ0) is 44.4. The lowest BCUT2D eigenvalue weighted by Crippen LogP contribution is -2.30. The Kier molecular flexibility index (Phi) is 48.3. The van der Waals surface area contributed by atoms with E-state index in [9.17, 15) is 14.4 Å². The first-order chi connectivity index (χ1) is 30.0. The molecule has 0 rings (SSSR count). The lowest BCUT2D eigenvalue weighted by Gasteiger charge is -2.18. The van der Waals surface area contributed by atoms with Crippen LogP contribution in [0.1, 0.15) is 278 Å². The van der Waals surface area contributed by atoms with Crippen molar-refractivity contribution < 1.29 is 28.6 Å². The molecule has 0 N–H and O–H groups in total. The SMILES string of the molecule is CCC/C=C\C/C=C\CCCCCCCC(=O)OCC(COC(=O)CCCCCCC/C=C\CCCCCCCC)OC(=O)CCCCCCCCCCCCCCCCC. The number of esters is 3. The summed E-state index contributed by atoms with van der Waals surface area (Å²) in [5, 5.41) is 0. The zero-order valence-electron chi connectivity index (χ0n) is 40.7. The first-order valence-corrected chi connectivity index (χ1v) is 26.5. The Morgan fingerprint density at radius 2 is 0.623 bits per heavy atom. The highest BCUT2D eigenvalue weighted by atomic mass is 16.6. The predicted molar refractivity (Wildman–Crippen MR) is 261 cm³/mol. The number of carbonyl (C=O) groups excluding carboxylic acids is 3. The number of unbranched alkanes of at least 4 members (excludes halogenated alkanes) is 31. The van der Waals surface area contributed by atoms with Gasteiger partial charge in [-0.3, -0.25) is 14.4 Å². The van der Waals surface area contributed by atoms with Crippen molar-refractivity contribution in [3.63, 3.8) is 0 Å². The third-order valence-corrected chi connectivity index (χ3v) is 11.6. The fraction of sp³-hybridized carbons (Fsp3) is 0.836. The summed E-state index contributed by atoms with van der Waals surface area (Å²) in [6, 6.07) is 0. The minimum atomic E-state index is -0.777. The Morgan fingerprint density at radius 3 is 0.984 bits per heavy atom. The highest BCUT2D eigenvalue weighted by Gasteiger charge is 2.19. The van der Waals surface area contributed by atoms with Gasteiger partial charge in [0, 0.05) is 19.3 Å². The standard InChI is InChI=1S/C55H100O6/c1-4-7-10-13-16-19-22-25-27-30-33-36-39-42-45-48-54(57)60-51-52(50-59-53(56)47-44-41-38-35-32-29-24-21-18-15-12-9-6-3)61-55(58)49-46-43-40-37-34-31-28-26-23-20-17-14-11-8-5-2/h12,15,21,24-25,27,52H,4-11,13-14,16-20,22-23,26,28-51H2,1-3H3/b15-12-,24-21-,27-25-. The number of allylic oxidation sites excluding steroid dienone is 6. The van der Waals surface area contributed by atoms with E-state index in [1.165, 1.54) is 148 Å². The van der Waals surface area contributed by atoms with Crippen LogP contribution in [0.15, 0.2) is 36.5 Å². The Bertz CT molecular complexity index is 1030. The van der Waals surface area contributed by atoms with Crippen LogP contribution in [0.2, 0.25) is 0 Å². The molecule has 0 heterocycles. The van der Waals surface area contributed by atoms with Crippen molar-refractivity contribution in [2.24, 2.45) is 0 Å². The molecule has 0 aromatic rings. The second kappa shape index (κ2) is 50.3. The van der Waals surface area contributed by atoms with Crippen molar-refractivity contribution in [3.05, 3.63) is 36.5 Å². The molecule has 0 saturated carbocycles. The van der Waals surface area contributed by atoms with Crippen molar-refractivity contribution in [1.82, 2.24) is 0 Å². The highest BCUT2D eigenvalue weighted by molar-refractivity contribution is 5.71. The second-order valence-corrected chi connectivity index (χ2v) is 17.8. The summed E-state index contributed by atoms with van der Waals surface area (Å²) in [6.07, 6.45) is 58.4. The van der Waals surface area contributed by atoms with Crippen molar-refractivity contribution in [3.8, 4) is 0 Å². The number of carbonyl (C=O) groups is 3. The van der Waals surface area contributed by atoms with E-state index in [4.69, 9.17) is 14.2 Å². The lowest BCUT2D eigenvalue weighted by atomic mass is 10.0. The van der Waals surface area contributed by atoms with Gasteiger partial charge >= 0.3 is 17.9 Å². The molecular weight excluding hydrogens is 757 g/mol. The summed E-state index contributed by atoms with van der Waals surface area (Å²) in [5.41, 5.74) is 0. The van der Waals surface area contributed by atoms with Crippen molar-refractivity contribution in [2.75, 3.05) is 13.2 Å². The molecule has 0 aromatic carbocycles. The average Bonchev–Trinajstić information content (AvgIpc) is 3.26. The van der Waals surface area contributed by atoms with Gasteiger partial charge in [0.25, 0.3) is 0 Å². The van der Waals surface area contributed by atoms with Crippen LogP contribution in [-0.2, 0) is 28.6 Å². The second-order valence-electron chi connectivity index (χ2n) is 17.8. The van der Waals surface area contributed by atoms with E-state index in [0.717, 1.165) is 89.9 Å². The third kappa shape index (κ3) is 48.5. The molecule has 0 aliphatic rings. The van der Waals surface area contributed by atoms with Crippen LogP contribution in [0.5, 0.6) is 0 Å². The monoisotopic (exact) mass is 857 g/mol. The van der Waals surface area contributed by atoms with Crippen LogP contribution in [-0.4, -0.2) is 37.2 Å². The van der Waals surface area contributed by atoms with Gasteiger partial charge in [-0.2, -0.15) is 0 Å². The minimum absolute atomic E-state index is 0.0781. The van der Waals surface area contributed by atoms with Crippen molar-refractivity contribution in [1.29, 1.82) is 0 Å². The molecule has 0 amide bonds. The molecule has 356 valence electrons. The van der Waals surface area contributed by atoms with Crippen LogP contribution < -0.4 is 0 Å². The van der Waals surface area contributed by atoms with E-state index in [0.29, 0.717) is 19.3 Å². The smallest absolute Gasteiger partial charge is 0.306 e. The van der Waals surface area contributed by atoms with Crippen molar-refractivity contribution >= 4 is 17.9 Å². The van der Waals surface area contributed by atoms with Crippen LogP contribution in [0.3, 0.4) is 0 Å². The summed E-state index contributed by atoms with van der Waals surface area (Å²) in [7, 11) is 0. The molecule has 1 unspecified atom stereocenters. The van der Waals surface area contributed by atoms with Crippen LogP contribution >= 0.6 is 0 Å². The number of hydrogen-bond donors (Lipinski definition) is 0. The predicted octanol–water partition coefficient (Wildman–Crippen LogP) is 17.3. The molecule has 0 saturated heterocycles. The number of ether oxygens (including phenoxy) is 3. The van der Waals surface area contributed by atoms with Crippen LogP contribution in [0, 0.1) is 0 Å². The van der Waals surface area contributed by atoms with E-state index in [-0.39, 0.29) is 31.1 Å². The number of hydrogen-bond acceptors (Lipinski definition) is 6. The molecule has 0 aliphatic heterocycles. The van der Waals surface area contributed by atoms with Crippen molar-refractivity contribution in [2.45, 2.75) is 284 Å². The van der Waals surface area contributed by atoms with Gasteiger partial charge in [-0.15, -0.1) is 0 Å².